The van der Waals surface area contributed by atoms with Gasteiger partial charge in [0, 0.05) is 6.54 Å². The zero-order valence-corrected chi connectivity index (χ0v) is 9.58. The summed E-state index contributed by atoms with van der Waals surface area (Å²) in [6.45, 7) is 0.255. The van der Waals surface area contributed by atoms with E-state index in [-0.39, 0.29) is 6.54 Å². The molecule has 0 radical (unpaired) electrons. The van der Waals surface area contributed by atoms with Gasteiger partial charge in [0.1, 0.15) is 18.4 Å². The van der Waals surface area contributed by atoms with Gasteiger partial charge < -0.3 is 15.4 Å². The maximum absolute atomic E-state index is 11.7. The van der Waals surface area contributed by atoms with Crippen molar-refractivity contribution in [2.24, 2.45) is 11.7 Å². The summed E-state index contributed by atoms with van der Waals surface area (Å²) < 4.78 is 0. The Balaban J connectivity index is 2.18. The molecule has 2 atom stereocenters. The Morgan fingerprint density at radius 3 is 2.56 bits per heavy atom. The van der Waals surface area contributed by atoms with Gasteiger partial charge in [0.2, 0.25) is 5.91 Å². The van der Waals surface area contributed by atoms with Gasteiger partial charge in [0.25, 0.3) is 0 Å². The number of hydrogen-bond acceptors (Lipinski definition) is 4. The number of hydrogen-bond donors (Lipinski definition) is 2. The summed E-state index contributed by atoms with van der Waals surface area (Å²) in [5.41, 5.74) is 6.65. The molecule has 2 unspecified atom stereocenters. The molecule has 0 saturated carbocycles. The van der Waals surface area contributed by atoms with Crippen LogP contribution < -0.4 is 11.1 Å². The van der Waals surface area contributed by atoms with Crippen LogP contribution in [-0.4, -0.2) is 29.3 Å². The average Bonchev–Trinajstić information content (AvgIpc) is 2.36. The lowest BCUT2D eigenvalue weighted by Crippen LogP contribution is -2.63. The molecule has 1 fully saturated rings. The van der Waals surface area contributed by atoms with Gasteiger partial charge in [-0.15, -0.1) is 0 Å². The van der Waals surface area contributed by atoms with Crippen molar-refractivity contribution in [3.05, 3.63) is 35.9 Å². The zero-order valence-electron chi connectivity index (χ0n) is 9.58. The molecule has 1 aliphatic heterocycles. The van der Waals surface area contributed by atoms with Crippen LogP contribution in [0, 0.1) is 5.92 Å². The van der Waals surface area contributed by atoms with Crippen LogP contribution in [0.2, 0.25) is 0 Å². The Bertz CT molecular complexity index is 475. The fraction of sp³-hybridized carbons (Fsp3) is 0.250. The molecule has 1 aromatic rings. The van der Waals surface area contributed by atoms with Gasteiger partial charge in [0.05, 0.1) is 0 Å². The van der Waals surface area contributed by atoms with E-state index < -0.39 is 24.0 Å². The van der Waals surface area contributed by atoms with Crippen LogP contribution in [0.4, 0.5) is 4.79 Å². The number of aldehydes is 1. The van der Waals surface area contributed by atoms with Gasteiger partial charge in [-0.25, -0.2) is 4.79 Å². The van der Waals surface area contributed by atoms with Crippen molar-refractivity contribution in [3.8, 4) is 0 Å². The minimum atomic E-state index is -1.02. The number of nitrogens with two attached hydrogens (primary N) is 1. The second-order valence-corrected chi connectivity index (χ2v) is 4.06. The number of nitrogens with zero attached hydrogens (tertiary/aromatic N) is 1. The summed E-state index contributed by atoms with van der Waals surface area (Å²) in [6.07, 6.45) is -0.464. The fourth-order valence-electron chi connectivity index (χ4n) is 1.84. The largest absolute Gasteiger partial charge is 0.325 e. The molecule has 94 valence electrons. The van der Waals surface area contributed by atoms with Gasteiger partial charge in [-0.1, -0.05) is 30.3 Å². The first-order valence-electron chi connectivity index (χ1n) is 5.49. The number of carbonyl (C=O) groups excluding carboxylic acids is 3. The van der Waals surface area contributed by atoms with Crippen LogP contribution in [0.1, 0.15) is 5.56 Å². The highest BCUT2D eigenvalue weighted by molar-refractivity contribution is 6.04. The van der Waals surface area contributed by atoms with Crippen molar-refractivity contribution in [3.63, 3.8) is 0 Å². The van der Waals surface area contributed by atoms with E-state index in [0.29, 0.717) is 6.29 Å². The summed E-state index contributed by atoms with van der Waals surface area (Å²) in [5, 5.41) is 2.12. The van der Waals surface area contributed by atoms with E-state index in [9.17, 15) is 14.4 Å². The van der Waals surface area contributed by atoms with Crippen molar-refractivity contribution < 1.29 is 14.4 Å². The molecular weight excluding hydrogens is 234 g/mol. The Morgan fingerprint density at radius 1 is 1.28 bits per heavy atom. The second kappa shape index (κ2) is 4.97. The molecule has 1 saturated heterocycles. The standard InChI is InChI=1S/C12H13N3O3/c13-10-9(7-16)11(17)14-12(18)15(10)6-8-4-2-1-3-5-8/h1-5,7,9-10H,6,13H2,(H,14,17,18). The molecule has 6 heteroatoms. The molecular formula is C12H13N3O3. The molecule has 18 heavy (non-hydrogen) atoms. The number of urea groups is 1. The molecule has 6 nitrogen and oxygen atoms in total. The van der Waals surface area contributed by atoms with Crippen LogP contribution in [0.15, 0.2) is 30.3 Å². The van der Waals surface area contributed by atoms with Crippen LogP contribution in [0.3, 0.4) is 0 Å². The van der Waals surface area contributed by atoms with Crippen molar-refractivity contribution in [2.45, 2.75) is 12.7 Å². The maximum atomic E-state index is 11.7. The smallest absolute Gasteiger partial charge is 0.310 e. The van der Waals surface area contributed by atoms with Crippen LogP contribution in [0.5, 0.6) is 0 Å². The number of carbonyl (C=O) groups is 3. The molecule has 0 bridgehead atoms. The molecule has 1 aromatic carbocycles. The number of amides is 3. The molecule has 0 aliphatic carbocycles. The Labute approximate surface area is 104 Å². The van der Waals surface area contributed by atoms with E-state index >= 15 is 0 Å². The van der Waals surface area contributed by atoms with Crippen LogP contribution >= 0.6 is 0 Å². The summed E-state index contributed by atoms with van der Waals surface area (Å²) >= 11 is 0. The summed E-state index contributed by atoms with van der Waals surface area (Å²) in [6, 6.07) is 8.64. The zero-order chi connectivity index (χ0) is 13.1. The maximum Gasteiger partial charge on any atom is 0.325 e. The third kappa shape index (κ3) is 2.23. The molecule has 3 N–H and O–H groups in total. The van der Waals surface area contributed by atoms with Gasteiger partial charge in [0.15, 0.2) is 0 Å². The highest BCUT2D eigenvalue weighted by atomic mass is 16.2. The minimum absolute atomic E-state index is 0.255. The van der Waals surface area contributed by atoms with Crippen molar-refractivity contribution >= 4 is 18.2 Å². The van der Waals surface area contributed by atoms with Crippen molar-refractivity contribution in [1.29, 1.82) is 0 Å². The third-order valence-electron chi connectivity index (χ3n) is 2.86. The van der Waals surface area contributed by atoms with E-state index in [1.54, 1.807) is 0 Å². The summed E-state index contributed by atoms with van der Waals surface area (Å²) in [4.78, 5) is 35.1. The van der Waals surface area contributed by atoms with E-state index in [2.05, 4.69) is 5.32 Å². The van der Waals surface area contributed by atoms with Gasteiger partial charge >= 0.3 is 6.03 Å². The van der Waals surface area contributed by atoms with Gasteiger partial charge in [-0.05, 0) is 5.56 Å². The van der Waals surface area contributed by atoms with Gasteiger partial charge in [-0.2, -0.15) is 0 Å². The lowest BCUT2D eigenvalue weighted by Gasteiger charge is -2.35. The first kappa shape index (κ1) is 12.3. The summed E-state index contributed by atoms with van der Waals surface area (Å²) in [5.74, 6) is -1.67. The van der Waals surface area contributed by atoms with Crippen LogP contribution in [-0.2, 0) is 16.1 Å². The topological polar surface area (TPSA) is 92.5 Å². The third-order valence-corrected chi connectivity index (χ3v) is 2.86. The van der Waals surface area contributed by atoms with E-state index in [4.69, 9.17) is 5.73 Å². The first-order chi connectivity index (χ1) is 8.63. The number of rotatable bonds is 3. The highest BCUT2D eigenvalue weighted by Gasteiger charge is 2.38. The Morgan fingerprint density at radius 2 is 1.94 bits per heavy atom. The normalized spacial score (nSPS) is 23.7. The monoisotopic (exact) mass is 247 g/mol. The predicted molar refractivity (Wildman–Crippen MR) is 63.1 cm³/mol. The van der Waals surface area contributed by atoms with Crippen molar-refractivity contribution in [2.75, 3.05) is 0 Å². The number of nitrogens with one attached hydrogen (secondary N) is 1. The minimum Gasteiger partial charge on any atom is -0.310 e. The van der Waals surface area contributed by atoms with Crippen molar-refractivity contribution in [1.82, 2.24) is 10.2 Å². The van der Waals surface area contributed by atoms with Gasteiger partial charge in [-0.3, -0.25) is 10.1 Å². The summed E-state index contributed by atoms with van der Waals surface area (Å²) in [7, 11) is 0. The fourth-order valence-corrected chi connectivity index (χ4v) is 1.84. The SMILES string of the molecule is NC1C(C=O)C(=O)NC(=O)N1Cc1ccccc1. The number of benzene rings is 1. The lowest BCUT2D eigenvalue weighted by molar-refractivity contribution is -0.132. The average molecular weight is 247 g/mol. The Kier molecular flexibility index (Phi) is 3.38. The van der Waals surface area contributed by atoms with E-state index in [1.165, 1.54) is 4.90 Å². The molecule has 2 rings (SSSR count). The molecule has 3 amide bonds. The molecule has 0 spiro atoms. The first-order valence-corrected chi connectivity index (χ1v) is 5.49. The number of imide groups is 1. The van der Waals surface area contributed by atoms with E-state index in [0.717, 1.165) is 5.56 Å². The quantitative estimate of drug-likeness (QED) is 0.573. The molecule has 1 heterocycles. The Hall–Kier alpha value is -2.21. The molecule has 0 aromatic heterocycles. The predicted octanol–water partition coefficient (Wildman–Crippen LogP) is -0.162. The second-order valence-electron chi connectivity index (χ2n) is 4.06. The lowest BCUT2D eigenvalue weighted by atomic mass is 10.0. The van der Waals surface area contributed by atoms with Crippen LogP contribution in [0.25, 0.3) is 0 Å². The van der Waals surface area contributed by atoms with E-state index in [1.807, 2.05) is 30.3 Å². The molecule has 1 aliphatic rings. The highest BCUT2D eigenvalue weighted by Crippen LogP contribution is 2.15.